The van der Waals surface area contributed by atoms with Crippen molar-refractivity contribution in [2.75, 3.05) is 38.0 Å². The highest BCUT2D eigenvalue weighted by atomic mass is 32.2. The van der Waals surface area contributed by atoms with Gasteiger partial charge in [0.2, 0.25) is 11.8 Å². The molecule has 0 bridgehead atoms. The average Bonchev–Trinajstić information content (AvgIpc) is 3.64. The first-order valence-electron chi connectivity index (χ1n) is 13.5. The number of sulfone groups is 1. The van der Waals surface area contributed by atoms with Gasteiger partial charge in [-0.15, -0.1) is 11.3 Å². The van der Waals surface area contributed by atoms with Gasteiger partial charge >= 0.3 is 6.09 Å². The van der Waals surface area contributed by atoms with Gasteiger partial charge in [0.15, 0.2) is 15.1 Å². The zero-order valence-electron chi connectivity index (χ0n) is 24.3. The summed E-state index contributed by atoms with van der Waals surface area (Å²) in [6.07, 6.45) is 1.33. The van der Waals surface area contributed by atoms with Crippen LogP contribution in [0.25, 0.3) is 21.3 Å². The van der Waals surface area contributed by atoms with Crippen LogP contribution in [0.3, 0.4) is 0 Å². The van der Waals surface area contributed by atoms with Crippen LogP contribution in [0.1, 0.15) is 43.9 Å². The second kappa shape index (κ2) is 12.8. The summed E-state index contributed by atoms with van der Waals surface area (Å²) < 4.78 is 37.5. The number of hydrogen-bond donors (Lipinski definition) is 2. The summed E-state index contributed by atoms with van der Waals surface area (Å²) in [5.41, 5.74) is 2.32. The summed E-state index contributed by atoms with van der Waals surface area (Å²) in [5, 5.41) is 3.78. The molecule has 1 aromatic heterocycles. The van der Waals surface area contributed by atoms with Crippen LogP contribution < -0.4 is 15.5 Å². The molecule has 0 spiro atoms. The van der Waals surface area contributed by atoms with E-state index >= 15 is 0 Å². The molecule has 1 fully saturated rings. The van der Waals surface area contributed by atoms with E-state index in [9.17, 15) is 22.8 Å². The van der Waals surface area contributed by atoms with Gasteiger partial charge in [-0.2, -0.15) is 0 Å². The molecule has 1 aliphatic rings. The maximum atomic E-state index is 13.2. The smallest absolute Gasteiger partial charge is 0.414 e. The van der Waals surface area contributed by atoms with Gasteiger partial charge in [0.1, 0.15) is 10.6 Å². The maximum absolute atomic E-state index is 13.2. The molecule has 0 radical (unpaired) electrons. The van der Waals surface area contributed by atoms with Gasteiger partial charge in [-0.3, -0.25) is 14.5 Å². The molecule has 4 rings (SSSR count). The van der Waals surface area contributed by atoms with E-state index in [0.717, 1.165) is 35.3 Å². The number of nitrogens with one attached hydrogen (secondary N) is 2. The number of aromatic nitrogens is 1. The van der Waals surface area contributed by atoms with E-state index in [1.54, 1.807) is 33.9 Å². The molecule has 0 saturated heterocycles. The number of carbonyl (C=O) groups excluding carboxylic acids is 3. The number of benzene rings is 2. The highest BCUT2D eigenvalue weighted by Gasteiger charge is 2.37. The SMILES string of the molecule is COCCS(=O)(=O)C(C(=O)NCC(=O)NC1CC1)c1nc2ccc(-c3ccc(N(C)C(=O)OC(C)(C)C)cc3)cc2s1. The van der Waals surface area contributed by atoms with E-state index in [0.29, 0.717) is 15.9 Å². The Morgan fingerprint density at radius 2 is 1.76 bits per heavy atom. The predicted octanol–water partition coefficient (Wildman–Crippen LogP) is 3.83. The summed E-state index contributed by atoms with van der Waals surface area (Å²) in [6, 6.07) is 13.0. The van der Waals surface area contributed by atoms with Crippen molar-refractivity contribution in [3.8, 4) is 11.1 Å². The Morgan fingerprint density at radius 3 is 2.38 bits per heavy atom. The largest absolute Gasteiger partial charge is 0.443 e. The summed E-state index contributed by atoms with van der Waals surface area (Å²) in [7, 11) is -0.977. The highest BCUT2D eigenvalue weighted by molar-refractivity contribution is 7.92. The lowest BCUT2D eigenvalue weighted by Gasteiger charge is -2.24. The molecule has 2 N–H and O–H groups in total. The van der Waals surface area contributed by atoms with Crippen LogP contribution in [0, 0.1) is 0 Å². The standard InChI is InChI=1S/C29H36N4O7S2/c1-29(2,3)40-28(36)33(4)21-11-6-18(7-12-21)19-8-13-22-23(16-19)41-27(32-22)25(42(37,38)15-14-39-5)26(35)30-17-24(34)31-20-9-10-20/h6-8,11-13,16,20,25H,9-10,14-15,17H2,1-5H3,(H,30,35)(H,31,34). The third kappa shape index (κ3) is 8.05. The van der Waals surface area contributed by atoms with Gasteiger partial charge in [-0.05, 0) is 69.0 Å². The van der Waals surface area contributed by atoms with Crippen LogP contribution in [-0.2, 0) is 28.9 Å². The molecular weight excluding hydrogens is 580 g/mol. The molecule has 1 saturated carbocycles. The number of carbonyl (C=O) groups is 3. The minimum absolute atomic E-state index is 0.0809. The highest BCUT2D eigenvalue weighted by Crippen LogP contribution is 2.34. The fourth-order valence-electron chi connectivity index (χ4n) is 4.06. The summed E-state index contributed by atoms with van der Waals surface area (Å²) in [4.78, 5) is 43.6. The molecule has 2 aromatic carbocycles. The van der Waals surface area contributed by atoms with Crippen molar-refractivity contribution in [1.29, 1.82) is 0 Å². The summed E-state index contributed by atoms with van der Waals surface area (Å²) in [5.74, 6) is -1.54. The van der Waals surface area contributed by atoms with Crippen molar-refractivity contribution in [2.45, 2.75) is 50.5 Å². The van der Waals surface area contributed by atoms with Crippen molar-refractivity contribution in [3.05, 3.63) is 47.5 Å². The van der Waals surface area contributed by atoms with Crippen LogP contribution in [0.4, 0.5) is 10.5 Å². The minimum atomic E-state index is -4.00. The zero-order chi connectivity index (χ0) is 30.7. The van der Waals surface area contributed by atoms with Crippen LogP contribution in [0.2, 0.25) is 0 Å². The lowest BCUT2D eigenvalue weighted by molar-refractivity contribution is -0.126. The van der Waals surface area contributed by atoms with E-state index in [2.05, 4.69) is 15.6 Å². The van der Waals surface area contributed by atoms with Crippen LogP contribution in [0.15, 0.2) is 42.5 Å². The number of thiazole rings is 1. The molecule has 11 nitrogen and oxygen atoms in total. The second-order valence-electron chi connectivity index (χ2n) is 11.1. The maximum Gasteiger partial charge on any atom is 0.414 e. The van der Waals surface area contributed by atoms with E-state index < -0.39 is 32.7 Å². The molecule has 3 aromatic rings. The van der Waals surface area contributed by atoms with Gasteiger partial charge in [-0.25, -0.2) is 18.2 Å². The molecule has 3 amide bonds. The van der Waals surface area contributed by atoms with Crippen molar-refractivity contribution < 1.29 is 32.3 Å². The number of nitrogens with zero attached hydrogens (tertiary/aromatic N) is 2. The molecule has 1 unspecified atom stereocenters. The van der Waals surface area contributed by atoms with Gasteiger partial charge in [0.25, 0.3) is 0 Å². The second-order valence-corrected chi connectivity index (χ2v) is 14.4. The van der Waals surface area contributed by atoms with Gasteiger partial charge < -0.3 is 20.1 Å². The molecule has 1 heterocycles. The van der Waals surface area contributed by atoms with Gasteiger partial charge in [-0.1, -0.05) is 18.2 Å². The fourth-order valence-corrected chi connectivity index (χ4v) is 7.04. The Balaban J connectivity index is 1.56. The first kappa shape index (κ1) is 31.4. The monoisotopic (exact) mass is 616 g/mol. The number of ether oxygens (including phenoxy) is 2. The quantitative estimate of drug-likeness (QED) is 0.331. The molecule has 226 valence electrons. The van der Waals surface area contributed by atoms with E-state index in [4.69, 9.17) is 9.47 Å². The predicted molar refractivity (Wildman–Crippen MR) is 162 cm³/mol. The molecular formula is C29H36N4O7S2. The normalized spacial score (nSPS) is 14.3. The number of rotatable bonds is 11. The van der Waals surface area contributed by atoms with Crippen LogP contribution >= 0.6 is 11.3 Å². The van der Waals surface area contributed by atoms with Crippen molar-refractivity contribution in [2.24, 2.45) is 0 Å². The number of fused-ring (bicyclic) bond motifs is 1. The minimum Gasteiger partial charge on any atom is -0.443 e. The molecule has 1 atom stereocenters. The molecule has 42 heavy (non-hydrogen) atoms. The Morgan fingerprint density at radius 1 is 1.10 bits per heavy atom. The van der Waals surface area contributed by atoms with Crippen LogP contribution in [-0.4, -0.2) is 76.0 Å². The Bertz CT molecular complexity index is 1560. The van der Waals surface area contributed by atoms with Gasteiger partial charge in [0.05, 0.1) is 29.1 Å². The third-order valence-corrected chi connectivity index (χ3v) is 9.54. The van der Waals surface area contributed by atoms with E-state index in [1.165, 1.54) is 12.0 Å². The molecule has 0 aliphatic heterocycles. The average molecular weight is 617 g/mol. The zero-order valence-corrected chi connectivity index (χ0v) is 25.9. The van der Waals surface area contributed by atoms with Crippen molar-refractivity contribution in [1.82, 2.24) is 15.6 Å². The first-order chi connectivity index (χ1) is 19.8. The van der Waals surface area contributed by atoms with Crippen LogP contribution in [0.5, 0.6) is 0 Å². The number of methoxy groups -OCH3 is 1. The third-order valence-electron chi connectivity index (χ3n) is 6.42. The number of amides is 3. The topological polar surface area (TPSA) is 144 Å². The number of hydrogen-bond acceptors (Lipinski definition) is 9. The fraction of sp³-hybridized carbons (Fsp3) is 0.448. The molecule has 13 heteroatoms. The van der Waals surface area contributed by atoms with E-state index in [-0.39, 0.29) is 35.9 Å². The Hall–Kier alpha value is -3.55. The first-order valence-corrected chi connectivity index (χ1v) is 16.1. The lowest BCUT2D eigenvalue weighted by Crippen LogP contribution is -2.41. The van der Waals surface area contributed by atoms with Crippen molar-refractivity contribution >= 4 is 55.0 Å². The van der Waals surface area contributed by atoms with Crippen molar-refractivity contribution in [3.63, 3.8) is 0 Å². The Kier molecular flexibility index (Phi) is 9.53. The van der Waals surface area contributed by atoms with Gasteiger partial charge in [0, 0.05) is 25.9 Å². The molecule has 1 aliphatic carbocycles. The summed E-state index contributed by atoms with van der Waals surface area (Å²) >= 11 is 1.11. The Labute approximate surface area is 249 Å². The summed E-state index contributed by atoms with van der Waals surface area (Å²) in [6.45, 7) is 5.02. The van der Waals surface area contributed by atoms with E-state index in [1.807, 2.05) is 36.4 Å². The number of anilines is 1. The lowest BCUT2D eigenvalue weighted by atomic mass is 10.1.